The molecule has 0 unspecified atom stereocenters. The van der Waals surface area contributed by atoms with Crippen LogP contribution < -0.4 is 5.73 Å². The lowest BCUT2D eigenvalue weighted by molar-refractivity contribution is 0.790. The zero-order valence-corrected chi connectivity index (χ0v) is 11.7. The van der Waals surface area contributed by atoms with E-state index >= 15 is 0 Å². The van der Waals surface area contributed by atoms with Gasteiger partial charge >= 0.3 is 0 Å². The topological polar surface area (TPSA) is 56.7 Å². The Balaban J connectivity index is 2.06. The maximum Gasteiger partial charge on any atom is 0.172 e. The molecule has 0 saturated carbocycles. The van der Waals surface area contributed by atoms with Crippen molar-refractivity contribution in [1.29, 1.82) is 0 Å². The summed E-state index contributed by atoms with van der Waals surface area (Å²) in [7, 11) is 1.97. The highest BCUT2D eigenvalue weighted by Gasteiger charge is 2.09. The first-order valence-corrected chi connectivity index (χ1v) is 7.08. The fourth-order valence-electron chi connectivity index (χ4n) is 1.72. The van der Waals surface area contributed by atoms with Crippen molar-refractivity contribution in [3.63, 3.8) is 0 Å². The highest BCUT2D eigenvalue weighted by Crippen LogP contribution is 2.35. The first kappa shape index (κ1) is 11.6. The number of imidazole rings is 1. The fraction of sp³-hybridized carbons (Fsp3) is 0.167. The van der Waals surface area contributed by atoms with E-state index in [-0.39, 0.29) is 0 Å². The molecule has 0 spiro atoms. The van der Waals surface area contributed by atoms with Crippen molar-refractivity contribution in [3.8, 4) is 0 Å². The summed E-state index contributed by atoms with van der Waals surface area (Å²) in [4.78, 5) is 9.78. The van der Waals surface area contributed by atoms with Crippen LogP contribution in [0.5, 0.6) is 0 Å². The maximum atomic E-state index is 6.08. The quantitative estimate of drug-likeness (QED) is 0.731. The van der Waals surface area contributed by atoms with Crippen molar-refractivity contribution in [2.24, 2.45) is 7.05 Å². The van der Waals surface area contributed by atoms with E-state index < -0.39 is 0 Å². The smallest absolute Gasteiger partial charge is 0.172 e. The Hall–Kier alpha value is -1.53. The Morgan fingerprint density at radius 1 is 1.39 bits per heavy atom. The average Bonchev–Trinajstić information content (AvgIpc) is 2.85. The van der Waals surface area contributed by atoms with E-state index in [0.29, 0.717) is 0 Å². The van der Waals surface area contributed by atoms with Gasteiger partial charge in [0.25, 0.3) is 0 Å². The summed E-state index contributed by atoms with van der Waals surface area (Å²) >= 11 is 3.23. The number of rotatable bonds is 2. The number of anilines is 1. The number of fused-ring (bicyclic) bond motifs is 1. The SMILES string of the molecule is Cc1nc2cc(Sc3nccn3C)c(N)cc2s1. The maximum absolute atomic E-state index is 6.08. The molecule has 0 bridgehead atoms. The molecule has 2 aromatic heterocycles. The molecule has 0 fully saturated rings. The lowest BCUT2D eigenvalue weighted by Gasteiger charge is -2.05. The Bertz CT molecular complexity index is 714. The van der Waals surface area contributed by atoms with Crippen LogP contribution in [0, 0.1) is 6.92 Å². The Morgan fingerprint density at radius 3 is 2.94 bits per heavy atom. The van der Waals surface area contributed by atoms with Crippen molar-refractivity contribution < 1.29 is 0 Å². The summed E-state index contributed by atoms with van der Waals surface area (Å²) < 4.78 is 3.11. The van der Waals surface area contributed by atoms with Crippen molar-refractivity contribution in [2.75, 3.05) is 5.73 Å². The monoisotopic (exact) mass is 276 g/mol. The summed E-state index contributed by atoms with van der Waals surface area (Å²) in [5.74, 6) is 0. The van der Waals surface area contributed by atoms with Gasteiger partial charge in [-0.25, -0.2) is 9.97 Å². The third-order valence-corrected chi connectivity index (χ3v) is 4.69. The van der Waals surface area contributed by atoms with Crippen LogP contribution in [-0.4, -0.2) is 14.5 Å². The van der Waals surface area contributed by atoms with Crippen molar-refractivity contribution in [2.45, 2.75) is 17.0 Å². The average molecular weight is 276 g/mol. The van der Waals surface area contributed by atoms with Crippen LogP contribution in [0.25, 0.3) is 10.2 Å². The molecule has 6 heteroatoms. The minimum atomic E-state index is 0.777. The molecule has 4 nitrogen and oxygen atoms in total. The van der Waals surface area contributed by atoms with Crippen LogP contribution in [0.3, 0.4) is 0 Å². The molecule has 3 rings (SSSR count). The molecule has 18 heavy (non-hydrogen) atoms. The van der Waals surface area contributed by atoms with Crippen LogP contribution in [0.2, 0.25) is 0 Å². The molecule has 0 saturated heterocycles. The summed E-state index contributed by atoms with van der Waals surface area (Å²) in [5, 5.41) is 1.98. The normalized spacial score (nSPS) is 11.2. The molecule has 2 N–H and O–H groups in total. The van der Waals surface area contributed by atoms with Crippen molar-refractivity contribution in [1.82, 2.24) is 14.5 Å². The molecule has 92 valence electrons. The second-order valence-corrected chi connectivity index (χ2v) is 6.26. The number of nitrogens with two attached hydrogens (primary N) is 1. The predicted octanol–water partition coefficient (Wildman–Crippen LogP) is 3.07. The molecule has 0 atom stereocenters. The van der Waals surface area contributed by atoms with Gasteiger partial charge in [0, 0.05) is 30.0 Å². The van der Waals surface area contributed by atoms with Gasteiger partial charge in [-0.05, 0) is 30.8 Å². The molecular formula is C12H12N4S2. The minimum Gasteiger partial charge on any atom is -0.398 e. The number of nitrogens with zero attached hydrogens (tertiary/aromatic N) is 3. The van der Waals surface area contributed by atoms with Crippen molar-refractivity contribution in [3.05, 3.63) is 29.5 Å². The number of aromatic nitrogens is 3. The third kappa shape index (κ3) is 1.97. The molecule has 0 aliphatic rings. The first-order valence-electron chi connectivity index (χ1n) is 5.45. The highest BCUT2D eigenvalue weighted by molar-refractivity contribution is 7.99. The number of hydrogen-bond donors (Lipinski definition) is 1. The van der Waals surface area contributed by atoms with Crippen LogP contribution >= 0.6 is 23.1 Å². The summed E-state index contributed by atoms with van der Waals surface area (Å²) in [5.41, 5.74) is 7.86. The highest BCUT2D eigenvalue weighted by atomic mass is 32.2. The van der Waals surface area contributed by atoms with Gasteiger partial charge in [0.1, 0.15) is 0 Å². The largest absolute Gasteiger partial charge is 0.398 e. The predicted molar refractivity (Wildman–Crippen MR) is 76.1 cm³/mol. The van der Waals surface area contributed by atoms with Gasteiger partial charge in [0.05, 0.1) is 15.2 Å². The van der Waals surface area contributed by atoms with Gasteiger partial charge in [-0.1, -0.05) is 0 Å². The van der Waals surface area contributed by atoms with Gasteiger partial charge in [-0.15, -0.1) is 11.3 Å². The number of aryl methyl sites for hydroxylation is 2. The Labute approximate surface area is 113 Å². The zero-order valence-electron chi connectivity index (χ0n) is 10.0. The lowest BCUT2D eigenvalue weighted by Crippen LogP contribution is -1.92. The second kappa shape index (κ2) is 4.29. The van der Waals surface area contributed by atoms with E-state index in [1.165, 1.54) is 0 Å². The van der Waals surface area contributed by atoms with Gasteiger partial charge < -0.3 is 10.3 Å². The van der Waals surface area contributed by atoms with E-state index in [0.717, 1.165) is 31.0 Å². The van der Waals surface area contributed by atoms with Crippen LogP contribution in [-0.2, 0) is 7.05 Å². The van der Waals surface area contributed by atoms with Gasteiger partial charge in [0.15, 0.2) is 5.16 Å². The van der Waals surface area contributed by atoms with E-state index in [1.807, 2.05) is 36.9 Å². The van der Waals surface area contributed by atoms with E-state index in [4.69, 9.17) is 5.73 Å². The molecule has 0 aliphatic carbocycles. The van der Waals surface area contributed by atoms with Gasteiger partial charge in [-0.2, -0.15) is 0 Å². The first-order chi connectivity index (χ1) is 8.63. The molecule has 0 radical (unpaired) electrons. The molecular weight excluding hydrogens is 264 g/mol. The van der Waals surface area contributed by atoms with Crippen LogP contribution in [0.1, 0.15) is 5.01 Å². The van der Waals surface area contributed by atoms with E-state index in [9.17, 15) is 0 Å². The van der Waals surface area contributed by atoms with Crippen LogP contribution in [0.4, 0.5) is 5.69 Å². The molecule has 2 heterocycles. The lowest BCUT2D eigenvalue weighted by atomic mass is 10.3. The van der Waals surface area contributed by atoms with Crippen LogP contribution in [0.15, 0.2) is 34.6 Å². The minimum absolute atomic E-state index is 0.777. The van der Waals surface area contributed by atoms with Gasteiger partial charge in [0.2, 0.25) is 0 Å². The Kier molecular flexibility index (Phi) is 2.76. The second-order valence-electron chi connectivity index (χ2n) is 4.01. The van der Waals surface area contributed by atoms with Gasteiger partial charge in [-0.3, -0.25) is 0 Å². The number of hydrogen-bond acceptors (Lipinski definition) is 5. The third-order valence-electron chi connectivity index (χ3n) is 2.61. The standard InChI is InChI=1S/C12H12N4S2/c1-7-15-9-6-10(8(13)5-11(9)17-7)18-12-14-3-4-16(12)2/h3-6H,13H2,1-2H3. The number of nitrogen functional groups attached to an aromatic ring is 1. The van der Waals surface area contributed by atoms with E-state index in [1.54, 1.807) is 29.3 Å². The Morgan fingerprint density at radius 2 is 2.22 bits per heavy atom. The fourth-order valence-corrected chi connectivity index (χ4v) is 3.44. The number of benzene rings is 1. The molecule has 3 aromatic rings. The molecule has 1 aromatic carbocycles. The zero-order chi connectivity index (χ0) is 12.7. The summed E-state index contributed by atoms with van der Waals surface area (Å²) in [6.45, 7) is 2.01. The summed E-state index contributed by atoms with van der Waals surface area (Å²) in [6.07, 6.45) is 3.70. The van der Waals surface area contributed by atoms with E-state index in [2.05, 4.69) is 9.97 Å². The number of thiazole rings is 1. The molecule has 0 amide bonds. The van der Waals surface area contributed by atoms with Crippen molar-refractivity contribution >= 4 is 39.0 Å². The summed E-state index contributed by atoms with van der Waals surface area (Å²) in [6, 6.07) is 4.03. The molecule has 0 aliphatic heterocycles.